The quantitative estimate of drug-likeness (QED) is 0.769. The first-order valence-corrected chi connectivity index (χ1v) is 7.06. The number of benzene rings is 1. The Hall–Kier alpha value is -2.73. The SMILES string of the molecule is O=C(O)c1ccc(Nc2nc(-c3ccncc3)cs2)cc1. The lowest BCUT2D eigenvalue weighted by molar-refractivity contribution is 0.0697. The maximum absolute atomic E-state index is 10.8. The molecular formula is C15H11N3O2S. The van der Waals surface area contributed by atoms with Crippen molar-refractivity contribution in [2.24, 2.45) is 0 Å². The molecule has 104 valence electrons. The fourth-order valence-corrected chi connectivity index (χ4v) is 2.55. The number of carbonyl (C=O) groups is 1. The molecule has 0 bridgehead atoms. The molecular weight excluding hydrogens is 286 g/mol. The van der Waals surface area contributed by atoms with E-state index in [9.17, 15) is 4.79 Å². The molecule has 0 aliphatic heterocycles. The fourth-order valence-electron chi connectivity index (χ4n) is 1.81. The van der Waals surface area contributed by atoms with Gasteiger partial charge in [-0.2, -0.15) is 0 Å². The van der Waals surface area contributed by atoms with Crippen molar-refractivity contribution in [3.05, 3.63) is 59.7 Å². The zero-order valence-corrected chi connectivity index (χ0v) is 11.7. The van der Waals surface area contributed by atoms with Crippen LogP contribution in [0.4, 0.5) is 10.8 Å². The summed E-state index contributed by atoms with van der Waals surface area (Å²) in [6, 6.07) is 10.4. The molecule has 3 rings (SSSR count). The van der Waals surface area contributed by atoms with Gasteiger partial charge in [0.15, 0.2) is 5.13 Å². The van der Waals surface area contributed by atoms with Gasteiger partial charge < -0.3 is 10.4 Å². The summed E-state index contributed by atoms with van der Waals surface area (Å²) in [7, 11) is 0. The predicted molar refractivity (Wildman–Crippen MR) is 82.0 cm³/mol. The van der Waals surface area contributed by atoms with Gasteiger partial charge in [-0.25, -0.2) is 9.78 Å². The molecule has 0 unspecified atom stereocenters. The minimum atomic E-state index is -0.934. The number of hydrogen-bond acceptors (Lipinski definition) is 5. The number of nitrogens with one attached hydrogen (secondary N) is 1. The molecule has 0 saturated carbocycles. The maximum Gasteiger partial charge on any atom is 0.335 e. The number of hydrogen-bond donors (Lipinski definition) is 2. The Kier molecular flexibility index (Phi) is 3.61. The van der Waals surface area contributed by atoms with Crippen LogP contribution in [0, 0.1) is 0 Å². The van der Waals surface area contributed by atoms with E-state index < -0.39 is 5.97 Å². The Morgan fingerprint density at radius 2 is 1.81 bits per heavy atom. The number of rotatable bonds is 4. The lowest BCUT2D eigenvalue weighted by Gasteiger charge is -2.02. The minimum absolute atomic E-state index is 0.261. The first-order chi connectivity index (χ1) is 10.2. The number of aromatic carboxylic acids is 1. The van der Waals surface area contributed by atoms with E-state index in [0.717, 1.165) is 22.1 Å². The Labute approximate surface area is 124 Å². The van der Waals surface area contributed by atoms with Gasteiger partial charge in [0.1, 0.15) is 0 Å². The van der Waals surface area contributed by atoms with Gasteiger partial charge in [0, 0.05) is 29.0 Å². The lowest BCUT2D eigenvalue weighted by Crippen LogP contribution is -1.96. The van der Waals surface area contributed by atoms with Crippen LogP contribution in [0.2, 0.25) is 0 Å². The van der Waals surface area contributed by atoms with Crippen LogP contribution in [-0.2, 0) is 0 Å². The van der Waals surface area contributed by atoms with Crippen LogP contribution >= 0.6 is 11.3 Å². The monoisotopic (exact) mass is 297 g/mol. The third kappa shape index (κ3) is 3.06. The number of anilines is 2. The molecule has 2 heterocycles. The summed E-state index contributed by atoms with van der Waals surface area (Å²) in [6.45, 7) is 0. The molecule has 2 aromatic heterocycles. The lowest BCUT2D eigenvalue weighted by atomic mass is 10.2. The molecule has 1 aromatic carbocycles. The van der Waals surface area contributed by atoms with Crippen LogP contribution in [0.25, 0.3) is 11.3 Å². The van der Waals surface area contributed by atoms with Gasteiger partial charge in [0.05, 0.1) is 11.3 Å². The van der Waals surface area contributed by atoms with Crippen molar-refractivity contribution in [2.75, 3.05) is 5.32 Å². The van der Waals surface area contributed by atoms with Gasteiger partial charge in [-0.1, -0.05) is 0 Å². The molecule has 0 atom stereocenters. The second-order valence-electron chi connectivity index (χ2n) is 4.28. The Bertz CT molecular complexity index is 754. The van der Waals surface area contributed by atoms with Crippen LogP contribution in [0.1, 0.15) is 10.4 Å². The zero-order chi connectivity index (χ0) is 14.7. The highest BCUT2D eigenvalue weighted by Gasteiger charge is 2.06. The van der Waals surface area contributed by atoms with E-state index >= 15 is 0 Å². The van der Waals surface area contributed by atoms with Gasteiger partial charge in [-0.15, -0.1) is 11.3 Å². The van der Waals surface area contributed by atoms with E-state index in [-0.39, 0.29) is 5.56 Å². The van der Waals surface area contributed by atoms with Crippen LogP contribution in [0.15, 0.2) is 54.2 Å². The summed E-state index contributed by atoms with van der Waals surface area (Å²) in [5.74, 6) is -0.934. The van der Waals surface area contributed by atoms with Crippen molar-refractivity contribution >= 4 is 28.1 Å². The van der Waals surface area contributed by atoms with E-state index in [2.05, 4.69) is 15.3 Å². The van der Waals surface area contributed by atoms with Crippen molar-refractivity contribution in [2.45, 2.75) is 0 Å². The van der Waals surface area contributed by atoms with Crippen LogP contribution < -0.4 is 5.32 Å². The minimum Gasteiger partial charge on any atom is -0.478 e. The van der Waals surface area contributed by atoms with Crippen molar-refractivity contribution in [3.63, 3.8) is 0 Å². The molecule has 0 saturated heterocycles. The first-order valence-electron chi connectivity index (χ1n) is 6.19. The maximum atomic E-state index is 10.8. The standard InChI is InChI=1S/C15H11N3O2S/c19-14(20)11-1-3-12(4-2-11)17-15-18-13(9-21-15)10-5-7-16-8-6-10/h1-9H,(H,17,18)(H,19,20). The molecule has 0 aliphatic rings. The van der Waals surface area contributed by atoms with E-state index in [1.807, 2.05) is 17.5 Å². The van der Waals surface area contributed by atoms with E-state index in [0.29, 0.717) is 0 Å². The number of thiazole rings is 1. The van der Waals surface area contributed by atoms with E-state index in [1.54, 1.807) is 36.7 Å². The van der Waals surface area contributed by atoms with Gasteiger partial charge in [0.25, 0.3) is 0 Å². The molecule has 21 heavy (non-hydrogen) atoms. The normalized spacial score (nSPS) is 10.3. The van der Waals surface area contributed by atoms with E-state index in [1.165, 1.54) is 11.3 Å². The molecule has 0 amide bonds. The van der Waals surface area contributed by atoms with Crippen LogP contribution in [0.5, 0.6) is 0 Å². The topological polar surface area (TPSA) is 75.1 Å². The van der Waals surface area contributed by atoms with Crippen molar-refractivity contribution < 1.29 is 9.90 Å². The summed E-state index contributed by atoms with van der Waals surface area (Å²) in [6.07, 6.45) is 3.46. The Morgan fingerprint density at radius 3 is 2.48 bits per heavy atom. The molecule has 0 fully saturated rings. The molecule has 2 N–H and O–H groups in total. The number of carboxylic acids is 1. The number of aromatic nitrogens is 2. The highest BCUT2D eigenvalue weighted by Crippen LogP contribution is 2.26. The van der Waals surface area contributed by atoms with Gasteiger partial charge >= 0.3 is 5.97 Å². The third-order valence-electron chi connectivity index (χ3n) is 2.86. The van der Waals surface area contributed by atoms with E-state index in [4.69, 9.17) is 5.11 Å². The average molecular weight is 297 g/mol. The van der Waals surface area contributed by atoms with Gasteiger partial charge in [-0.05, 0) is 36.4 Å². The average Bonchev–Trinajstić information content (AvgIpc) is 2.97. The number of pyridine rings is 1. The summed E-state index contributed by atoms with van der Waals surface area (Å²) in [4.78, 5) is 19.3. The van der Waals surface area contributed by atoms with Crippen LogP contribution in [-0.4, -0.2) is 21.0 Å². The second-order valence-corrected chi connectivity index (χ2v) is 5.14. The molecule has 0 spiro atoms. The Balaban J connectivity index is 1.77. The summed E-state index contributed by atoms with van der Waals surface area (Å²) < 4.78 is 0. The largest absolute Gasteiger partial charge is 0.478 e. The second kappa shape index (κ2) is 5.72. The smallest absolute Gasteiger partial charge is 0.335 e. The Morgan fingerprint density at radius 1 is 1.10 bits per heavy atom. The fraction of sp³-hybridized carbons (Fsp3) is 0. The molecule has 0 radical (unpaired) electrons. The first kappa shape index (κ1) is 13.3. The number of carboxylic acid groups (broad SMARTS) is 1. The van der Waals surface area contributed by atoms with Gasteiger partial charge in [0.2, 0.25) is 0 Å². The predicted octanol–water partition coefficient (Wildman–Crippen LogP) is 3.65. The number of nitrogens with zero attached hydrogens (tertiary/aromatic N) is 2. The highest BCUT2D eigenvalue weighted by molar-refractivity contribution is 7.14. The van der Waals surface area contributed by atoms with Crippen molar-refractivity contribution in [1.82, 2.24) is 9.97 Å². The third-order valence-corrected chi connectivity index (χ3v) is 3.62. The highest BCUT2D eigenvalue weighted by atomic mass is 32.1. The molecule has 5 nitrogen and oxygen atoms in total. The van der Waals surface area contributed by atoms with Crippen molar-refractivity contribution in [1.29, 1.82) is 0 Å². The summed E-state index contributed by atoms with van der Waals surface area (Å²) in [5, 5.41) is 14.7. The van der Waals surface area contributed by atoms with Crippen molar-refractivity contribution in [3.8, 4) is 11.3 Å². The summed E-state index contributed by atoms with van der Waals surface area (Å²) >= 11 is 1.49. The molecule has 6 heteroatoms. The molecule has 3 aromatic rings. The summed E-state index contributed by atoms with van der Waals surface area (Å²) in [5.41, 5.74) is 2.95. The van der Waals surface area contributed by atoms with Gasteiger partial charge in [-0.3, -0.25) is 4.98 Å². The zero-order valence-electron chi connectivity index (χ0n) is 10.9. The molecule has 0 aliphatic carbocycles. The van der Waals surface area contributed by atoms with Crippen LogP contribution in [0.3, 0.4) is 0 Å².